The van der Waals surface area contributed by atoms with Gasteiger partial charge in [0, 0.05) is 18.9 Å². The van der Waals surface area contributed by atoms with Gasteiger partial charge in [0.2, 0.25) is 0 Å². The lowest BCUT2D eigenvalue weighted by atomic mass is 9.92. The monoisotopic (exact) mass is 459 g/mol. The van der Waals surface area contributed by atoms with E-state index in [4.69, 9.17) is 14.2 Å². The third-order valence-corrected chi connectivity index (χ3v) is 7.11. The normalized spacial score (nSPS) is 18.3. The number of carbonyl (C=O) groups is 1. The number of fused-ring (bicyclic) bond motifs is 1. The zero-order valence-electron chi connectivity index (χ0n) is 17.4. The van der Waals surface area contributed by atoms with Crippen LogP contribution >= 0.6 is 11.3 Å². The Morgan fingerprint density at radius 1 is 1.28 bits per heavy atom. The van der Waals surface area contributed by atoms with Crippen LogP contribution in [0.4, 0.5) is 15.9 Å². The molecule has 2 aliphatic rings. The topological polar surface area (TPSA) is 103 Å². The fraction of sp³-hybridized carbons (Fsp3) is 0.409. The fourth-order valence-corrected chi connectivity index (χ4v) is 5.30. The van der Waals surface area contributed by atoms with Crippen molar-refractivity contribution in [2.24, 2.45) is 0 Å². The van der Waals surface area contributed by atoms with Crippen molar-refractivity contribution in [2.75, 3.05) is 18.5 Å². The van der Waals surface area contributed by atoms with Crippen molar-refractivity contribution in [3.05, 3.63) is 40.8 Å². The summed E-state index contributed by atoms with van der Waals surface area (Å²) in [5.41, 5.74) is 1.13. The number of carboxylic acid groups (broad SMARTS) is 1. The summed E-state index contributed by atoms with van der Waals surface area (Å²) in [6, 6.07) is 4.27. The lowest BCUT2D eigenvalue weighted by Crippen LogP contribution is -2.38. The first-order chi connectivity index (χ1) is 15.4. The Balaban J connectivity index is 1.40. The zero-order chi connectivity index (χ0) is 22.3. The van der Waals surface area contributed by atoms with Crippen molar-refractivity contribution in [1.29, 1.82) is 0 Å². The van der Waals surface area contributed by atoms with Crippen LogP contribution in [-0.2, 0) is 9.47 Å². The number of nitrogens with one attached hydrogen (secondary N) is 1. The van der Waals surface area contributed by atoms with Crippen molar-refractivity contribution in [1.82, 2.24) is 9.97 Å². The third-order valence-electron chi connectivity index (χ3n) is 5.92. The highest BCUT2D eigenvalue weighted by Gasteiger charge is 2.41. The van der Waals surface area contributed by atoms with Crippen molar-refractivity contribution in [2.45, 2.75) is 44.5 Å². The maximum absolute atomic E-state index is 14.1. The van der Waals surface area contributed by atoms with Gasteiger partial charge in [-0.15, -0.1) is 11.3 Å². The Morgan fingerprint density at radius 3 is 2.75 bits per heavy atom. The van der Waals surface area contributed by atoms with E-state index in [1.807, 2.05) is 0 Å². The van der Waals surface area contributed by atoms with Gasteiger partial charge in [-0.2, -0.15) is 0 Å². The van der Waals surface area contributed by atoms with Gasteiger partial charge in [-0.25, -0.2) is 19.2 Å². The molecule has 1 saturated heterocycles. The zero-order valence-corrected chi connectivity index (χ0v) is 18.2. The molecule has 0 radical (unpaired) electrons. The number of aromatic nitrogens is 2. The smallest absolute Gasteiger partial charge is 0.346 e. The maximum Gasteiger partial charge on any atom is 0.346 e. The molecule has 2 N–H and O–H groups in total. The number of ether oxygens (including phenoxy) is 3. The van der Waals surface area contributed by atoms with Crippen molar-refractivity contribution >= 4 is 39.0 Å². The molecule has 5 rings (SSSR count). The molecule has 3 aromatic rings. The van der Waals surface area contributed by atoms with Crippen LogP contribution in [0.1, 0.15) is 40.9 Å². The highest BCUT2D eigenvalue weighted by molar-refractivity contribution is 7.20. The average molecular weight is 459 g/mol. The largest absolute Gasteiger partial charge is 0.488 e. The molecule has 32 heavy (non-hydrogen) atoms. The summed E-state index contributed by atoms with van der Waals surface area (Å²) in [6.07, 6.45) is 4.21. The summed E-state index contributed by atoms with van der Waals surface area (Å²) >= 11 is 1.10. The van der Waals surface area contributed by atoms with Gasteiger partial charge >= 0.3 is 5.97 Å². The molecule has 0 unspecified atom stereocenters. The number of hydrogen-bond acceptors (Lipinski definition) is 8. The van der Waals surface area contributed by atoms with Crippen LogP contribution in [0.25, 0.3) is 10.2 Å². The lowest BCUT2D eigenvalue weighted by Gasteiger charge is -2.35. The van der Waals surface area contributed by atoms with Crippen LogP contribution in [0.2, 0.25) is 0 Å². The summed E-state index contributed by atoms with van der Waals surface area (Å²) < 4.78 is 31.8. The number of aryl methyl sites for hydroxylation is 1. The second kappa shape index (κ2) is 8.27. The van der Waals surface area contributed by atoms with Crippen LogP contribution in [0.15, 0.2) is 24.5 Å². The standard InChI is InChI=1S/C22H22FN3O5S/c1-12-17-19(24-11-25-20(17)32-18(12)21(27)28)26-15-3-2-13(23)10-16(15)31-14-4-6-22(7-5-14)29-8-9-30-22/h2-3,10-11,14H,4-9H2,1H3,(H,27,28)(H,24,25,26). The molecule has 168 valence electrons. The number of aromatic carboxylic acids is 1. The maximum atomic E-state index is 14.1. The molecular formula is C22H22FN3O5S. The Labute approximate surface area is 187 Å². The lowest BCUT2D eigenvalue weighted by molar-refractivity contribution is -0.185. The van der Waals surface area contributed by atoms with E-state index in [2.05, 4.69) is 15.3 Å². The fourth-order valence-electron chi connectivity index (χ4n) is 4.31. The Morgan fingerprint density at radius 2 is 2.03 bits per heavy atom. The molecular weight excluding hydrogens is 437 g/mol. The van der Waals surface area contributed by atoms with E-state index in [9.17, 15) is 14.3 Å². The SMILES string of the molecule is Cc1c(C(=O)O)sc2ncnc(Nc3ccc(F)cc3OC3CCC4(CC3)OCCO4)c12. The molecule has 1 aliphatic heterocycles. The van der Waals surface area contributed by atoms with E-state index in [0.717, 1.165) is 37.0 Å². The second-order valence-electron chi connectivity index (χ2n) is 7.95. The molecule has 1 aliphatic carbocycles. The predicted octanol–water partition coefficient (Wildman–Crippen LogP) is 4.65. The summed E-state index contributed by atoms with van der Waals surface area (Å²) in [5, 5.41) is 13.3. The van der Waals surface area contributed by atoms with Gasteiger partial charge < -0.3 is 24.6 Å². The number of nitrogens with zero attached hydrogens (tertiary/aromatic N) is 2. The second-order valence-corrected chi connectivity index (χ2v) is 8.95. The van der Waals surface area contributed by atoms with Crippen molar-refractivity contribution in [3.63, 3.8) is 0 Å². The van der Waals surface area contributed by atoms with E-state index in [0.29, 0.717) is 46.2 Å². The molecule has 8 nitrogen and oxygen atoms in total. The van der Waals surface area contributed by atoms with Crippen molar-refractivity contribution < 1.29 is 28.5 Å². The molecule has 0 atom stereocenters. The molecule has 10 heteroatoms. The van der Waals surface area contributed by atoms with Gasteiger partial charge in [-0.05, 0) is 37.5 Å². The van der Waals surface area contributed by atoms with Crippen LogP contribution in [0, 0.1) is 12.7 Å². The van der Waals surface area contributed by atoms with E-state index >= 15 is 0 Å². The van der Waals surface area contributed by atoms with Crippen LogP contribution in [-0.4, -0.2) is 46.1 Å². The molecule has 1 spiro atoms. The van der Waals surface area contributed by atoms with E-state index in [-0.39, 0.29) is 11.0 Å². The summed E-state index contributed by atoms with van der Waals surface area (Å²) in [7, 11) is 0. The first-order valence-electron chi connectivity index (χ1n) is 10.4. The van der Waals surface area contributed by atoms with Gasteiger partial charge in [0.25, 0.3) is 0 Å². The molecule has 1 aromatic carbocycles. The van der Waals surface area contributed by atoms with Gasteiger partial charge in [0.1, 0.15) is 33.4 Å². The summed E-state index contributed by atoms with van der Waals surface area (Å²) in [4.78, 5) is 20.8. The van der Waals surface area contributed by atoms with Gasteiger partial charge in [-0.3, -0.25) is 0 Å². The van der Waals surface area contributed by atoms with Crippen LogP contribution < -0.4 is 10.1 Å². The minimum atomic E-state index is -1.01. The average Bonchev–Trinajstić information content (AvgIpc) is 3.37. The number of benzene rings is 1. The number of hydrogen-bond donors (Lipinski definition) is 2. The van der Waals surface area contributed by atoms with Gasteiger partial charge in [0.05, 0.1) is 30.4 Å². The van der Waals surface area contributed by atoms with Gasteiger partial charge in [0.15, 0.2) is 5.79 Å². The Bertz CT molecular complexity index is 1170. The first kappa shape index (κ1) is 21.0. The minimum Gasteiger partial charge on any atom is -0.488 e. The van der Waals surface area contributed by atoms with Gasteiger partial charge in [-0.1, -0.05) is 0 Å². The highest BCUT2D eigenvalue weighted by Crippen LogP contribution is 2.40. The number of anilines is 2. The molecule has 1 saturated carbocycles. The number of halogens is 1. The quantitative estimate of drug-likeness (QED) is 0.569. The molecule has 0 amide bonds. The molecule has 3 heterocycles. The Hall–Kier alpha value is -2.82. The van der Waals surface area contributed by atoms with Crippen LogP contribution in [0.3, 0.4) is 0 Å². The summed E-state index contributed by atoms with van der Waals surface area (Å²) in [6.45, 7) is 2.95. The molecule has 0 bridgehead atoms. The predicted molar refractivity (Wildman–Crippen MR) is 116 cm³/mol. The summed E-state index contributed by atoms with van der Waals surface area (Å²) in [5.74, 6) is -1.09. The van der Waals surface area contributed by atoms with E-state index in [1.54, 1.807) is 13.0 Å². The molecule has 2 fully saturated rings. The minimum absolute atomic E-state index is 0.0947. The third kappa shape index (κ3) is 3.89. The number of rotatable bonds is 5. The molecule has 2 aromatic heterocycles. The highest BCUT2D eigenvalue weighted by atomic mass is 32.1. The van der Waals surface area contributed by atoms with Crippen LogP contribution in [0.5, 0.6) is 5.75 Å². The van der Waals surface area contributed by atoms with Crippen molar-refractivity contribution in [3.8, 4) is 5.75 Å². The number of carboxylic acids is 1. The number of thiophene rings is 1. The van der Waals surface area contributed by atoms with E-state index in [1.165, 1.54) is 18.5 Å². The first-order valence-corrected chi connectivity index (χ1v) is 11.2. The van der Waals surface area contributed by atoms with E-state index < -0.39 is 17.6 Å². The Kier molecular flexibility index (Phi) is 5.44.